The molecule has 2 aromatic heterocycles. The SMILES string of the molecule is COC(=O)C(=O)N1CCN(c2nc3nccc(C(C)(C)C)n3n2)CC1. The summed E-state index contributed by atoms with van der Waals surface area (Å²) < 4.78 is 6.25. The summed E-state index contributed by atoms with van der Waals surface area (Å²) in [7, 11) is 1.21. The van der Waals surface area contributed by atoms with Crippen LogP contribution in [0.15, 0.2) is 12.3 Å². The lowest BCUT2D eigenvalue weighted by molar-refractivity contribution is -0.158. The van der Waals surface area contributed by atoms with Crippen molar-refractivity contribution < 1.29 is 14.3 Å². The maximum Gasteiger partial charge on any atom is 0.396 e. The van der Waals surface area contributed by atoms with Crippen LogP contribution in [0.4, 0.5) is 5.95 Å². The average Bonchev–Trinajstić information content (AvgIpc) is 3.03. The highest BCUT2D eigenvalue weighted by Crippen LogP contribution is 2.23. The van der Waals surface area contributed by atoms with E-state index in [1.165, 1.54) is 12.0 Å². The number of ether oxygens (including phenoxy) is 1. The minimum absolute atomic E-state index is 0.0855. The Hall–Kier alpha value is -2.71. The van der Waals surface area contributed by atoms with Crippen LogP contribution < -0.4 is 4.90 Å². The molecule has 1 saturated heterocycles. The molecule has 1 fully saturated rings. The molecule has 0 atom stereocenters. The van der Waals surface area contributed by atoms with E-state index in [4.69, 9.17) is 0 Å². The fraction of sp³-hybridized carbons (Fsp3) is 0.562. The van der Waals surface area contributed by atoms with Crippen LogP contribution in [0.2, 0.25) is 0 Å². The van der Waals surface area contributed by atoms with Crippen LogP contribution in [-0.2, 0) is 19.7 Å². The van der Waals surface area contributed by atoms with Gasteiger partial charge in [-0.3, -0.25) is 4.79 Å². The highest BCUT2D eigenvalue weighted by molar-refractivity contribution is 6.32. The number of amides is 1. The molecule has 0 aromatic carbocycles. The van der Waals surface area contributed by atoms with Crippen LogP contribution in [0, 0.1) is 0 Å². The number of rotatable bonds is 1. The lowest BCUT2D eigenvalue weighted by Crippen LogP contribution is -2.51. The second-order valence-electron chi connectivity index (χ2n) is 6.97. The lowest BCUT2D eigenvalue weighted by Gasteiger charge is -2.33. The van der Waals surface area contributed by atoms with Gasteiger partial charge in [-0.1, -0.05) is 20.8 Å². The molecule has 0 saturated carbocycles. The minimum atomic E-state index is -0.835. The molecule has 25 heavy (non-hydrogen) atoms. The highest BCUT2D eigenvalue weighted by atomic mass is 16.5. The molecule has 3 rings (SSSR count). The Balaban J connectivity index is 1.78. The Morgan fingerprint density at radius 1 is 1.16 bits per heavy atom. The summed E-state index contributed by atoms with van der Waals surface area (Å²) in [6, 6.07) is 1.94. The third kappa shape index (κ3) is 3.26. The number of hydrogen-bond acceptors (Lipinski definition) is 7. The molecule has 0 aliphatic carbocycles. The molecule has 0 unspecified atom stereocenters. The Kier molecular flexibility index (Phi) is 4.32. The molecule has 1 amide bonds. The predicted molar refractivity (Wildman–Crippen MR) is 90.3 cm³/mol. The number of fused-ring (bicyclic) bond motifs is 1. The van der Waals surface area contributed by atoms with E-state index < -0.39 is 11.9 Å². The van der Waals surface area contributed by atoms with E-state index in [0.29, 0.717) is 37.9 Å². The second-order valence-corrected chi connectivity index (χ2v) is 6.97. The Labute approximate surface area is 145 Å². The van der Waals surface area contributed by atoms with E-state index in [0.717, 1.165) is 5.69 Å². The van der Waals surface area contributed by atoms with Crippen LogP contribution in [0.25, 0.3) is 5.78 Å². The molecule has 9 nitrogen and oxygen atoms in total. The van der Waals surface area contributed by atoms with E-state index in [2.05, 4.69) is 40.6 Å². The van der Waals surface area contributed by atoms with Gasteiger partial charge < -0.3 is 14.5 Å². The first kappa shape index (κ1) is 17.1. The van der Waals surface area contributed by atoms with Crippen molar-refractivity contribution in [1.82, 2.24) is 24.5 Å². The number of anilines is 1. The molecular formula is C16H22N6O3. The zero-order valence-electron chi connectivity index (χ0n) is 14.9. The molecule has 0 N–H and O–H groups in total. The van der Waals surface area contributed by atoms with Crippen molar-refractivity contribution in [2.45, 2.75) is 26.2 Å². The number of methoxy groups -OCH3 is 1. The number of carbonyl (C=O) groups excluding carboxylic acids is 2. The summed E-state index contributed by atoms with van der Waals surface area (Å²) in [4.78, 5) is 35.5. The van der Waals surface area contributed by atoms with Gasteiger partial charge in [-0.15, -0.1) is 5.10 Å². The third-order valence-electron chi connectivity index (χ3n) is 4.21. The summed E-state index contributed by atoms with van der Waals surface area (Å²) in [5.74, 6) is -0.315. The van der Waals surface area contributed by atoms with Crippen LogP contribution >= 0.6 is 0 Å². The molecule has 3 heterocycles. The van der Waals surface area contributed by atoms with Gasteiger partial charge in [0.2, 0.25) is 5.95 Å². The number of carbonyl (C=O) groups is 2. The van der Waals surface area contributed by atoms with Gasteiger partial charge >= 0.3 is 11.9 Å². The fourth-order valence-electron chi connectivity index (χ4n) is 2.81. The van der Waals surface area contributed by atoms with Crippen molar-refractivity contribution in [3.8, 4) is 0 Å². The number of nitrogens with zero attached hydrogens (tertiary/aromatic N) is 6. The molecular weight excluding hydrogens is 324 g/mol. The Morgan fingerprint density at radius 2 is 1.84 bits per heavy atom. The first-order chi connectivity index (χ1) is 11.8. The van der Waals surface area contributed by atoms with Gasteiger partial charge in [0.1, 0.15) is 0 Å². The minimum Gasteiger partial charge on any atom is -0.462 e. The maximum atomic E-state index is 11.9. The van der Waals surface area contributed by atoms with Crippen LogP contribution in [0.5, 0.6) is 0 Å². The number of piperazine rings is 1. The van der Waals surface area contributed by atoms with Crippen LogP contribution in [0.1, 0.15) is 26.5 Å². The zero-order chi connectivity index (χ0) is 18.2. The number of hydrogen-bond donors (Lipinski definition) is 0. The van der Waals surface area contributed by atoms with Gasteiger partial charge in [0.15, 0.2) is 0 Å². The van der Waals surface area contributed by atoms with Gasteiger partial charge in [0, 0.05) is 37.8 Å². The lowest BCUT2D eigenvalue weighted by atomic mass is 9.92. The van der Waals surface area contributed by atoms with E-state index in [1.54, 1.807) is 10.7 Å². The summed E-state index contributed by atoms with van der Waals surface area (Å²) in [6.07, 6.45) is 1.74. The standard InChI is InChI=1S/C16H22N6O3/c1-16(2,3)11-5-6-17-14-18-15(19-22(11)14)21-9-7-20(8-10-21)12(23)13(24)25-4/h5-6H,7-10H2,1-4H3. The zero-order valence-corrected chi connectivity index (χ0v) is 14.9. The van der Waals surface area contributed by atoms with Gasteiger partial charge in [-0.25, -0.2) is 9.78 Å². The third-order valence-corrected chi connectivity index (χ3v) is 4.21. The summed E-state index contributed by atoms with van der Waals surface area (Å²) >= 11 is 0. The van der Waals surface area contributed by atoms with E-state index >= 15 is 0 Å². The molecule has 0 bridgehead atoms. The molecule has 9 heteroatoms. The molecule has 1 aliphatic heterocycles. The first-order valence-electron chi connectivity index (χ1n) is 8.15. The first-order valence-corrected chi connectivity index (χ1v) is 8.15. The summed E-state index contributed by atoms with van der Waals surface area (Å²) in [5.41, 5.74) is 0.938. The quantitative estimate of drug-likeness (QED) is 0.539. The summed E-state index contributed by atoms with van der Waals surface area (Å²) in [5, 5.41) is 4.60. The molecule has 0 spiro atoms. The average molecular weight is 346 g/mol. The van der Waals surface area contributed by atoms with Crippen molar-refractivity contribution in [2.24, 2.45) is 0 Å². The molecule has 134 valence electrons. The van der Waals surface area contributed by atoms with Crippen molar-refractivity contribution in [2.75, 3.05) is 38.2 Å². The highest BCUT2D eigenvalue weighted by Gasteiger charge is 2.28. The van der Waals surface area contributed by atoms with E-state index in [-0.39, 0.29) is 5.41 Å². The predicted octanol–water partition coefficient (Wildman–Crippen LogP) is 0.243. The molecule has 0 radical (unpaired) electrons. The maximum absolute atomic E-state index is 11.9. The van der Waals surface area contributed by atoms with Gasteiger partial charge in [-0.05, 0) is 6.07 Å². The van der Waals surface area contributed by atoms with Crippen molar-refractivity contribution in [3.05, 3.63) is 18.0 Å². The second kappa shape index (κ2) is 6.30. The van der Waals surface area contributed by atoms with Crippen LogP contribution in [-0.4, -0.2) is 69.6 Å². The topological polar surface area (TPSA) is 92.9 Å². The number of aromatic nitrogens is 4. The van der Waals surface area contributed by atoms with E-state index in [1.807, 2.05) is 11.0 Å². The van der Waals surface area contributed by atoms with Crippen molar-refractivity contribution in [3.63, 3.8) is 0 Å². The van der Waals surface area contributed by atoms with Crippen LogP contribution in [0.3, 0.4) is 0 Å². The molecule has 2 aromatic rings. The normalized spacial score (nSPS) is 15.5. The fourth-order valence-corrected chi connectivity index (χ4v) is 2.81. The van der Waals surface area contributed by atoms with Gasteiger partial charge in [0.25, 0.3) is 5.78 Å². The molecule has 1 aliphatic rings. The smallest absolute Gasteiger partial charge is 0.396 e. The van der Waals surface area contributed by atoms with Gasteiger partial charge in [0.05, 0.1) is 12.8 Å². The van der Waals surface area contributed by atoms with Crippen molar-refractivity contribution in [1.29, 1.82) is 0 Å². The number of esters is 1. The van der Waals surface area contributed by atoms with Crippen molar-refractivity contribution >= 4 is 23.6 Å². The largest absolute Gasteiger partial charge is 0.462 e. The Bertz CT molecular complexity index is 802. The Morgan fingerprint density at radius 3 is 2.44 bits per heavy atom. The van der Waals surface area contributed by atoms with E-state index in [9.17, 15) is 9.59 Å². The summed E-state index contributed by atoms with van der Waals surface area (Å²) in [6.45, 7) is 8.27. The van der Waals surface area contributed by atoms with Gasteiger partial charge in [-0.2, -0.15) is 9.50 Å². The monoisotopic (exact) mass is 346 g/mol.